The van der Waals surface area contributed by atoms with Gasteiger partial charge < -0.3 is 10.6 Å². The largest absolute Gasteiger partial charge is 0.325 e. The van der Waals surface area contributed by atoms with Gasteiger partial charge in [0.2, 0.25) is 5.91 Å². The summed E-state index contributed by atoms with van der Waals surface area (Å²) in [5.74, 6) is 1.75. The van der Waals surface area contributed by atoms with Crippen molar-refractivity contribution in [3.8, 4) is 0 Å². The summed E-state index contributed by atoms with van der Waals surface area (Å²) in [6.45, 7) is 1.26. The van der Waals surface area contributed by atoms with Crippen molar-refractivity contribution in [3.63, 3.8) is 0 Å². The third kappa shape index (κ3) is 6.44. The predicted octanol–water partition coefficient (Wildman–Crippen LogP) is 3.07. The van der Waals surface area contributed by atoms with Crippen LogP contribution in [0.1, 0.15) is 24.0 Å². The zero-order valence-electron chi connectivity index (χ0n) is 14.2. The highest BCUT2D eigenvalue weighted by Gasteiger charge is 2.20. The van der Waals surface area contributed by atoms with Gasteiger partial charge in [0.1, 0.15) is 0 Å². The van der Waals surface area contributed by atoms with Gasteiger partial charge in [0.25, 0.3) is 0 Å². The molecule has 0 heterocycles. The van der Waals surface area contributed by atoms with Crippen molar-refractivity contribution in [2.45, 2.75) is 24.3 Å². The van der Waals surface area contributed by atoms with Crippen LogP contribution in [0.15, 0.2) is 54.6 Å². The van der Waals surface area contributed by atoms with Crippen LogP contribution < -0.4 is 10.6 Å². The second-order valence-electron chi connectivity index (χ2n) is 6.54. The number of amides is 1. The summed E-state index contributed by atoms with van der Waals surface area (Å²) in [6.07, 6.45) is 2.55. The molecule has 1 saturated carbocycles. The first-order chi connectivity index (χ1) is 12.2. The lowest BCUT2D eigenvalue weighted by Gasteiger charge is -2.08. The van der Waals surface area contributed by atoms with Crippen molar-refractivity contribution in [2.75, 3.05) is 18.4 Å². The Bertz CT molecular complexity index is 729. The van der Waals surface area contributed by atoms with Gasteiger partial charge in [-0.15, -0.1) is 0 Å². The third-order valence-electron chi connectivity index (χ3n) is 4.12. The quantitative estimate of drug-likeness (QED) is 0.726. The SMILES string of the molecule is O=C(CNCC1CC1)Nc1cccc(CS(=O)Cc2ccccc2)c1. The van der Waals surface area contributed by atoms with Gasteiger partial charge in [-0.2, -0.15) is 0 Å². The van der Waals surface area contributed by atoms with E-state index in [2.05, 4.69) is 10.6 Å². The minimum atomic E-state index is -0.971. The molecular formula is C20H24N2O2S. The van der Waals surface area contributed by atoms with Gasteiger partial charge in [0.05, 0.1) is 6.54 Å². The molecule has 25 heavy (non-hydrogen) atoms. The number of hydrogen-bond donors (Lipinski definition) is 2. The van der Waals surface area contributed by atoms with Gasteiger partial charge in [-0.05, 0) is 48.6 Å². The molecule has 3 rings (SSSR count). The van der Waals surface area contributed by atoms with E-state index in [1.165, 1.54) is 12.8 Å². The summed E-state index contributed by atoms with van der Waals surface area (Å²) in [5, 5.41) is 6.08. The lowest BCUT2D eigenvalue weighted by atomic mass is 10.2. The highest BCUT2D eigenvalue weighted by molar-refractivity contribution is 7.83. The lowest BCUT2D eigenvalue weighted by Crippen LogP contribution is -2.29. The molecule has 0 aromatic heterocycles. The van der Waals surface area contributed by atoms with E-state index in [1.807, 2.05) is 54.6 Å². The highest BCUT2D eigenvalue weighted by atomic mass is 32.2. The first-order valence-electron chi connectivity index (χ1n) is 8.67. The lowest BCUT2D eigenvalue weighted by molar-refractivity contribution is -0.115. The molecule has 0 aliphatic heterocycles. The van der Waals surface area contributed by atoms with Crippen molar-refractivity contribution in [2.24, 2.45) is 5.92 Å². The summed E-state index contributed by atoms with van der Waals surface area (Å²) in [4.78, 5) is 12.0. The number of anilines is 1. The van der Waals surface area contributed by atoms with Gasteiger partial charge in [0, 0.05) is 28.0 Å². The van der Waals surface area contributed by atoms with Gasteiger partial charge in [-0.1, -0.05) is 42.5 Å². The van der Waals surface area contributed by atoms with Crippen LogP contribution >= 0.6 is 0 Å². The average Bonchev–Trinajstić information content (AvgIpc) is 3.40. The molecule has 0 saturated heterocycles. The van der Waals surface area contributed by atoms with Crippen molar-refractivity contribution in [3.05, 3.63) is 65.7 Å². The molecule has 1 unspecified atom stereocenters. The maximum Gasteiger partial charge on any atom is 0.238 e. The zero-order chi connectivity index (χ0) is 17.5. The Morgan fingerprint density at radius 1 is 1.00 bits per heavy atom. The molecule has 132 valence electrons. The van der Waals surface area contributed by atoms with E-state index in [0.29, 0.717) is 18.1 Å². The number of nitrogens with one attached hydrogen (secondary N) is 2. The first-order valence-corrected chi connectivity index (χ1v) is 10.2. The van der Waals surface area contributed by atoms with Crippen LogP contribution in [-0.2, 0) is 27.1 Å². The van der Waals surface area contributed by atoms with E-state index in [1.54, 1.807) is 0 Å². The molecule has 1 aliphatic rings. The van der Waals surface area contributed by atoms with Crippen molar-refractivity contribution in [1.82, 2.24) is 5.32 Å². The van der Waals surface area contributed by atoms with Gasteiger partial charge in [-0.25, -0.2) is 0 Å². The minimum Gasteiger partial charge on any atom is -0.325 e. The number of rotatable bonds is 9. The molecule has 1 fully saturated rings. The van der Waals surface area contributed by atoms with Gasteiger partial charge >= 0.3 is 0 Å². The number of hydrogen-bond acceptors (Lipinski definition) is 3. The van der Waals surface area contributed by atoms with Gasteiger partial charge in [-0.3, -0.25) is 9.00 Å². The second kappa shape index (κ2) is 8.92. The predicted molar refractivity (Wildman–Crippen MR) is 103 cm³/mol. The Kier molecular flexibility index (Phi) is 6.36. The number of carbonyl (C=O) groups is 1. The molecule has 5 heteroatoms. The Labute approximate surface area is 151 Å². The summed E-state index contributed by atoms with van der Waals surface area (Å²) in [5.41, 5.74) is 2.80. The molecule has 2 N–H and O–H groups in total. The summed E-state index contributed by atoms with van der Waals surface area (Å²) >= 11 is 0. The molecule has 1 aliphatic carbocycles. The Morgan fingerprint density at radius 2 is 1.72 bits per heavy atom. The smallest absolute Gasteiger partial charge is 0.238 e. The fraction of sp³-hybridized carbons (Fsp3) is 0.350. The zero-order valence-corrected chi connectivity index (χ0v) is 15.1. The molecule has 0 radical (unpaired) electrons. The molecule has 2 aromatic carbocycles. The molecule has 0 bridgehead atoms. The monoisotopic (exact) mass is 356 g/mol. The molecule has 2 aromatic rings. The normalized spacial score (nSPS) is 14.9. The molecule has 0 spiro atoms. The standard InChI is InChI=1S/C20H24N2O2S/c23-20(13-21-12-16-9-10-16)22-19-8-4-7-18(11-19)15-25(24)14-17-5-2-1-3-6-17/h1-8,11,16,21H,9-10,12-15H2,(H,22,23). The Hall–Kier alpha value is -1.98. The molecule has 1 amide bonds. The van der Waals surface area contributed by atoms with E-state index in [4.69, 9.17) is 0 Å². The van der Waals surface area contributed by atoms with Crippen LogP contribution in [0.5, 0.6) is 0 Å². The number of carbonyl (C=O) groups excluding carboxylic acids is 1. The van der Waals surface area contributed by atoms with E-state index < -0.39 is 10.8 Å². The van der Waals surface area contributed by atoms with Crippen LogP contribution in [0, 0.1) is 5.92 Å². The first kappa shape index (κ1) is 17.8. The fourth-order valence-electron chi connectivity index (χ4n) is 2.65. The van der Waals surface area contributed by atoms with Crippen molar-refractivity contribution in [1.29, 1.82) is 0 Å². The third-order valence-corrected chi connectivity index (χ3v) is 5.43. The van der Waals surface area contributed by atoms with Crippen LogP contribution in [0.25, 0.3) is 0 Å². The van der Waals surface area contributed by atoms with Crippen molar-refractivity contribution < 1.29 is 9.00 Å². The maximum absolute atomic E-state index is 12.3. The van der Waals surface area contributed by atoms with Crippen LogP contribution in [0.4, 0.5) is 5.69 Å². The average molecular weight is 356 g/mol. The van der Waals surface area contributed by atoms with E-state index in [9.17, 15) is 9.00 Å². The van der Waals surface area contributed by atoms with E-state index in [0.717, 1.165) is 29.3 Å². The molecular weight excluding hydrogens is 332 g/mol. The maximum atomic E-state index is 12.3. The Balaban J connectivity index is 1.48. The summed E-state index contributed by atoms with van der Waals surface area (Å²) in [6, 6.07) is 17.5. The summed E-state index contributed by atoms with van der Waals surface area (Å²) < 4.78 is 12.3. The fourth-order valence-corrected chi connectivity index (χ4v) is 3.87. The van der Waals surface area contributed by atoms with Gasteiger partial charge in [0.15, 0.2) is 0 Å². The van der Waals surface area contributed by atoms with Crippen LogP contribution in [-0.4, -0.2) is 23.2 Å². The Morgan fingerprint density at radius 3 is 2.48 bits per heavy atom. The summed E-state index contributed by atoms with van der Waals surface area (Å²) in [7, 11) is -0.971. The molecule has 1 atom stereocenters. The number of benzene rings is 2. The van der Waals surface area contributed by atoms with E-state index in [-0.39, 0.29) is 5.91 Å². The highest BCUT2D eigenvalue weighted by Crippen LogP contribution is 2.27. The van der Waals surface area contributed by atoms with Crippen molar-refractivity contribution >= 4 is 22.4 Å². The van der Waals surface area contributed by atoms with Crippen LogP contribution in [0.3, 0.4) is 0 Å². The topological polar surface area (TPSA) is 58.2 Å². The van der Waals surface area contributed by atoms with E-state index >= 15 is 0 Å². The minimum absolute atomic E-state index is 0.0387. The van der Waals surface area contributed by atoms with Crippen LogP contribution in [0.2, 0.25) is 0 Å². The molecule has 4 nitrogen and oxygen atoms in total. The second-order valence-corrected chi connectivity index (χ2v) is 7.99.